The minimum absolute atomic E-state index is 0.181. The van der Waals surface area contributed by atoms with Gasteiger partial charge in [0.05, 0.1) is 0 Å². The van der Waals surface area contributed by atoms with Crippen molar-refractivity contribution in [1.82, 2.24) is 0 Å². The molecule has 0 aromatic heterocycles. The van der Waals surface area contributed by atoms with Crippen LogP contribution in [0.1, 0.15) is 47.9 Å². The molecule has 0 fully saturated rings. The first-order chi connectivity index (χ1) is 29.8. The first-order valence-corrected chi connectivity index (χ1v) is 24.3. The zero-order chi connectivity index (χ0) is 42.3. The van der Waals surface area contributed by atoms with Crippen molar-refractivity contribution < 1.29 is 34.2 Å². The molecule has 0 amide bonds. The zero-order valence-electron chi connectivity index (χ0n) is 34.7. The molecular weight excluding hydrogens is 800 g/mol. The fourth-order valence-electron chi connectivity index (χ4n) is 9.01. The summed E-state index contributed by atoms with van der Waals surface area (Å²) in [5, 5.41) is 0. The Hall–Kier alpha value is -5.69. The van der Waals surface area contributed by atoms with E-state index in [-0.39, 0.29) is 19.1 Å². The number of aryl methyl sites for hydroxylation is 4. The molecule has 2 aliphatic rings. The summed E-state index contributed by atoms with van der Waals surface area (Å²) in [7, 11) is 0. The van der Waals surface area contributed by atoms with Gasteiger partial charge < -0.3 is 0 Å². The maximum atomic E-state index is 18.4. The van der Waals surface area contributed by atoms with Crippen molar-refractivity contribution in [1.29, 1.82) is 0 Å². The van der Waals surface area contributed by atoms with E-state index in [4.69, 9.17) is 0 Å². The molecule has 7 heteroatoms. The van der Waals surface area contributed by atoms with Gasteiger partial charge in [-0.05, 0) is 0 Å². The van der Waals surface area contributed by atoms with Crippen LogP contribution in [0.3, 0.4) is 0 Å². The van der Waals surface area contributed by atoms with E-state index in [0.717, 1.165) is 46.5 Å². The van der Waals surface area contributed by atoms with Crippen molar-refractivity contribution in [3.8, 4) is 0 Å². The second-order valence-electron chi connectivity index (χ2n) is 16.1. The van der Waals surface area contributed by atoms with Crippen LogP contribution in [0.25, 0.3) is 0 Å². The van der Waals surface area contributed by atoms with Gasteiger partial charge in [-0.1, -0.05) is 0 Å². The first kappa shape index (κ1) is 42.0. The van der Waals surface area contributed by atoms with Crippen molar-refractivity contribution in [3.05, 3.63) is 223 Å². The number of nitrogens with zero attached hydrogens (tertiary/aromatic N) is 2. The molecule has 2 nitrogen and oxygen atoms in total. The third-order valence-electron chi connectivity index (χ3n) is 12.1. The summed E-state index contributed by atoms with van der Waals surface area (Å²) in [5.41, 5.74) is 6.28. The van der Waals surface area contributed by atoms with E-state index in [2.05, 4.69) is 24.3 Å². The van der Waals surface area contributed by atoms with E-state index < -0.39 is 39.9 Å². The Balaban J connectivity index is 1.32. The Kier molecular flexibility index (Phi) is 13.0. The van der Waals surface area contributed by atoms with Gasteiger partial charge in [-0.2, -0.15) is 0 Å². The molecule has 0 spiro atoms. The van der Waals surface area contributed by atoms with E-state index in [1.807, 2.05) is 145 Å². The van der Waals surface area contributed by atoms with E-state index >= 15 is 17.6 Å². The van der Waals surface area contributed by atoms with Crippen molar-refractivity contribution in [2.24, 2.45) is 0 Å². The molecule has 8 rings (SSSR count). The van der Waals surface area contributed by atoms with Crippen molar-refractivity contribution in [2.75, 3.05) is 22.9 Å². The molecule has 308 valence electrons. The van der Waals surface area contributed by atoms with Crippen molar-refractivity contribution in [3.63, 3.8) is 0 Å². The van der Waals surface area contributed by atoms with Gasteiger partial charge >= 0.3 is 363 Å². The molecule has 6 aromatic rings. The fraction of sp³-hybridized carbons (Fsp3) is 0.185. The molecule has 0 atom stereocenters. The first-order valence-electron chi connectivity index (χ1n) is 21.2. The van der Waals surface area contributed by atoms with Gasteiger partial charge in [0, 0.05) is 0 Å². The van der Waals surface area contributed by atoms with Gasteiger partial charge in [0.1, 0.15) is 0 Å². The molecule has 0 saturated heterocycles. The molecule has 0 radical (unpaired) electrons. The predicted molar refractivity (Wildman–Crippen MR) is 242 cm³/mol. The Morgan fingerprint density at radius 3 is 1.23 bits per heavy atom. The monoisotopic (exact) mass is 850 g/mol. The number of benzene rings is 6. The van der Waals surface area contributed by atoms with Crippen LogP contribution in [-0.4, -0.2) is 13.1 Å². The molecule has 0 aliphatic heterocycles. The van der Waals surface area contributed by atoms with Crippen LogP contribution >= 0.6 is 0 Å². The molecule has 61 heavy (non-hydrogen) atoms. The second kappa shape index (κ2) is 18.9. The molecule has 2 aliphatic carbocycles. The fourth-order valence-corrected chi connectivity index (χ4v) is 17.3. The molecule has 0 bridgehead atoms. The molecular formula is C54H50F4N2Ti. The summed E-state index contributed by atoms with van der Waals surface area (Å²) < 4.78 is 72.3. The van der Waals surface area contributed by atoms with Crippen LogP contribution in [0.5, 0.6) is 0 Å². The SMILES string of the molecule is Cc1ccc(N(CCCc2ccccc2)c2ccc(F)[c]([Ti]([C]3=CC=CC3)([C]3=CC=CC3)[c]3c(F)ccc(N(CCCc4ccccc4)c4ccc(C)cc4)c3F)c2F)cc1. The van der Waals surface area contributed by atoms with Crippen molar-refractivity contribution >= 4 is 30.5 Å². The van der Waals surface area contributed by atoms with Gasteiger partial charge in [0.25, 0.3) is 0 Å². The number of hydrogen-bond donors (Lipinski definition) is 0. The van der Waals surface area contributed by atoms with Crippen LogP contribution in [0.4, 0.5) is 40.3 Å². The van der Waals surface area contributed by atoms with E-state index in [9.17, 15) is 0 Å². The Morgan fingerprint density at radius 1 is 0.475 bits per heavy atom. The maximum absolute atomic E-state index is 18.4. The Labute approximate surface area is 361 Å². The number of rotatable bonds is 16. The van der Waals surface area contributed by atoms with E-state index in [1.165, 1.54) is 24.3 Å². The molecule has 0 N–H and O–H groups in total. The third kappa shape index (κ3) is 8.75. The van der Waals surface area contributed by atoms with Crippen LogP contribution in [0.15, 0.2) is 178 Å². The van der Waals surface area contributed by atoms with Gasteiger partial charge in [0.2, 0.25) is 0 Å². The van der Waals surface area contributed by atoms with E-state index in [0.29, 0.717) is 46.5 Å². The summed E-state index contributed by atoms with van der Waals surface area (Å²) >= 11 is -5.19. The topological polar surface area (TPSA) is 6.48 Å². The van der Waals surface area contributed by atoms with Gasteiger partial charge in [-0.15, -0.1) is 0 Å². The van der Waals surface area contributed by atoms with Gasteiger partial charge in [-0.25, -0.2) is 0 Å². The van der Waals surface area contributed by atoms with Gasteiger partial charge in [-0.3, -0.25) is 0 Å². The van der Waals surface area contributed by atoms with Crippen LogP contribution < -0.4 is 17.5 Å². The summed E-state index contributed by atoms with van der Waals surface area (Å²) in [6.07, 6.45) is 14.8. The van der Waals surface area contributed by atoms with Crippen molar-refractivity contribution in [2.45, 2.75) is 52.4 Å². The zero-order valence-corrected chi connectivity index (χ0v) is 36.3. The second-order valence-corrected chi connectivity index (χ2v) is 22.0. The molecule has 0 saturated carbocycles. The van der Waals surface area contributed by atoms with Gasteiger partial charge in [0.15, 0.2) is 0 Å². The average Bonchev–Trinajstić information content (AvgIpc) is 4.03. The summed E-state index contributed by atoms with van der Waals surface area (Å²) in [4.78, 5) is 3.79. The number of halogens is 4. The van der Waals surface area contributed by atoms with Crippen LogP contribution in [0, 0.1) is 37.1 Å². The van der Waals surface area contributed by atoms with E-state index in [1.54, 1.807) is 0 Å². The van der Waals surface area contributed by atoms with Crippen LogP contribution in [0.2, 0.25) is 0 Å². The molecule has 6 aromatic carbocycles. The Morgan fingerprint density at radius 2 is 0.869 bits per heavy atom. The number of hydrogen-bond acceptors (Lipinski definition) is 2. The summed E-state index contributed by atoms with van der Waals surface area (Å²) in [5.74, 6) is -3.14. The summed E-state index contributed by atoms with van der Waals surface area (Å²) in [6.45, 7) is 4.85. The summed E-state index contributed by atoms with van der Waals surface area (Å²) in [6, 6.07) is 41.5. The predicted octanol–water partition coefficient (Wildman–Crippen LogP) is 13.2. The Bertz CT molecular complexity index is 2420. The third-order valence-corrected chi connectivity index (χ3v) is 20.0. The normalized spacial score (nSPS) is 13.4. The number of anilines is 4. The average molecular weight is 851 g/mol. The standard InChI is InChI=1S/2C22H20F2N.2C5H5.Ti/c2*1-17-9-12-20(13-10-17)25(22-14-11-19(23)16-21(22)24)15-5-8-18-6-3-2-4-7-18;2*1-2-4-5-3-1;/h2*2-4,6-7,9-14H,5,8,15H2,1H3;2*1-3H,4H2;. The quantitative estimate of drug-likeness (QED) is 0.0707. The number of allylic oxidation sites excluding steroid dienone is 8. The molecule has 0 heterocycles. The van der Waals surface area contributed by atoms with Crippen LogP contribution in [-0.2, 0) is 29.4 Å². The molecule has 0 unspecified atom stereocenters. The minimum atomic E-state index is -5.19.